The Balaban J connectivity index is 2.72. The third-order valence-corrected chi connectivity index (χ3v) is 5.33. The first-order chi connectivity index (χ1) is 12.3. The van der Waals surface area contributed by atoms with Crippen molar-refractivity contribution in [2.45, 2.75) is 77.2 Å². The van der Waals surface area contributed by atoms with Crippen molar-refractivity contribution in [1.82, 2.24) is 0 Å². The van der Waals surface area contributed by atoms with E-state index >= 15 is 0 Å². The van der Waals surface area contributed by atoms with Crippen LogP contribution in [0.15, 0.2) is 0 Å². The van der Waals surface area contributed by atoms with Crippen LogP contribution in [0.4, 0.5) is 0 Å². The van der Waals surface area contributed by atoms with E-state index in [9.17, 15) is 29.4 Å². The van der Waals surface area contributed by atoms with E-state index in [0.29, 0.717) is 0 Å². The second-order valence-electron chi connectivity index (χ2n) is 7.32. The second kappa shape index (κ2) is 6.45. The molecule has 0 bridgehead atoms. The zero-order valence-corrected chi connectivity index (χ0v) is 16.0. The molecule has 2 rings (SSSR count). The predicted octanol–water partition coefficient (Wildman–Crippen LogP) is -0.771. The summed E-state index contributed by atoms with van der Waals surface area (Å²) in [6, 6.07) is 0. The molecule has 0 saturated heterocycles. The Bertz CT molecular complexity index is 685. The van der Waals surface area contributed by atoms with Gasteiger partial charge >= 0.3 is 23.9 Å². The number of aliphatic hydroxyl groups is 2. The fraction of sp³-hybridized carbons (Fsp3) is 0.765. The standard InChI is InChI=1S/C17H24O10/c1-7(18)24-12-11(22)13(23)16(26-9(3)20)15(5,6)17(16,27-10(4)21)14(12)25-8(2)19/h11-14,22-23H,1-6H3/t11-,12-,13+,14+,16+,17-/m1/s1. The average molecular weight is 388 g/mol. The molecule has 0 aliphatic heterocycles. The molecule has 0 amide bonds. The summed E-state index contributed by atoms with van der Waals surface area (Å²) in [6.07, 6.45) is -6.63. The number of hydrogen-bond acceptors (Lipinski definition) is 10. The summed E-state index contributed by atoms with van der Waals surface area (Å²) >= 11 is 0. The summed E-state index contributed by atoms with van der Waals surface area (Å²) in [5, 5.41) is 21.4. The van der Waals surface area contributed by atoms with Crippen molar-refractivity contribution in [3.63, 3.8) is 0 Å². The first kappa shape index (κ1) is 21.1. The largest absolute Gasteiger partial charge is 0.456 e. The Morgan fingerprint density at radius 1 is 0.741 bits per heavy atom. The van der Waals surface area contributed by atoms with Gasteiger partial charge in [-0.25, -0.2) is 0 Å². The van der Waals surface area contributed by atoms with Gasteiger partial charge in [-0.3, -0.25) is 19.2 Å². The Morgan fingerprint density at radius 3 is 1.59 bits per heavy atom. The van der Waals surface area contributed by atoms with Crippen LogP contribution in [-0.2, 0) is 38.1 Å². The smallest absolute Gasteiger partial charge is 0.303 e. The molecule has 0 unspecified atom stereocenters. The van der Waals surface area contributed by atoms with Crippen LogP contribution in [0.2, 0.25) is 0 Å². The van der Waals surface area contributed by atoms with Crippen LogP contribution >= 0.6 is 0 Å². The lowest BCUT2D eigenvalue weighted by atomic mass is 9.84. The molecule has 2 saturated carbocycles. The molecule has 10 heteroatoms. The van der Waals surface area contributed by atoms with Gasteiger partial charge in [0.1, 0.15) is 12.2 Å². The maximum Gasteiger partial charge on any atom is 0.303 e. The van der Waals surface area contributed by atoms with Crippen molar-refractivity contribution in [3.05, 3.63) is 0 Å². The van der Waals surface area contributed by atoms with Crippen LogP contribution in [0, 0.1) is 5.41 Å². The van der Waals surface area contributed by atoms with Crippen molar-refractivity contribution in [2.24, 2.45) is 5.41 Å². The van der Waals surface area contributed by atoms with E-state index in [1.807, 2.05) is 0 Å². The summed E-state index contributed by atoms with van der Waals surface area (Å²) in [5.74, 6) is -3.25. The summed E-state index contributed by atoms with van der Waals surface area (Å²) in [7, 11) is 0. The van der Waals surface area contributed by atoms with Gasteiger partial charge in [0.2, 0.25) is 5.60 Å². The van der Waals surface area contributed by atoms with Gasteiger partial charge in [-0.2, -0.15) is 0 Å². The van der Waals surface area contributed by atoms with Crippen molar-refractivity contribution in [2.75, 3.05) is 0 Å². The van der Waals surface area contributed by atoms with Crippen LogP contribution in [0.25, 0.3) is 0 Å². The van der Waals surface area contributed by atoms with Gasteiger partial charge < -0.3 is 29.2 Å². The van der Waals surface area contributed by atoms with E-state index in [4.69, 9.17) is 18.9 Å². The quantitative estimate of drug-likeness (QED) is 0.465. The molecule has 2 N–H and O–H groups in total. The summed E-state index contributed by atoms with van der Waals surface area (Å²) in [5.41, 5.74) is -5.07. The normalized spacial score (nSPS) is 38.8. The van der Waals surface area contributed by atoms with Gasteiger partial charge in [0, 0.05) is 27.7 Å². The van der Waals surface area contributed by atoms with Crippen molar-refractivity contribution >= 4 is 23.9 Å². The van der Waals surface area contributed by atoms with Gasteiger partial charge in [0.25, 0.3) is 0 Å². The molecule has 2 aliphatic carbocycles. The zero-order valence-electron chi connectivity index (χ0n) is 16.0. The third kappa shape index (κ3) is 2.69. The SMILES string of the molecule is CC(=O)O[C@@H]1[C@@H](O)[C@H](O)[C@]2(OC(C)=O)C(C)(C)[C@]2(OC(C)=O)[C@H]1OC(C)=O. The van der Waals surface area contributed by atoms with Crippen molar-refractivity contribution in [3.8, 4) is 0 Å². The van der Waals surface area contributed by atoms with Gasteiger partial charge in [-0.1, -0.05) is 13.8 Å². The number of aliphatic hydroxyl groups excluding tert-OH is 2. The van der Waals surface area contributed by atoms with Crippen LogP contribution in [0.5, 0.6) is 0 Å². The Hall–Kier alpha value is -2.20. The molecule has 2 fully saturated rings. The molecule has 0 aromatic rings. The van der Waals surface area contributed by atoms with E-state index in [-0.39, 0.29) is 0 Å². The summed E-state index contributed by atoms with van der Waals surface area (Å²) in [4.78, 5) is 46.8. The highest BCUT2D eigenvalue weighted by molar-refractivity contribution is 5.73. The number of hydrogen-bond donors (Lipinski definition) is 2. The maximum atomic E-state index is 11.9. The molecule has 10 nitrogen and oxygen atoms in total. The lowest BCUT2D eigenvalue weighted by molar-refractivity contribution is -0.251. The Morgan fingerprint density at radius 2 is 1.19 bits per heavy atom. The molecule has 0 radical (unpaired) electrons. The fourth-order valence-electron chi connectivity index (χ4n) is 4.48. The van der Waals surface area contributed by atoms with Gasteiger partial charge in [-0.05, 0) is 0 Å². The van der Waals surface area contributed by atoms with Crippen LogP contribution < -0.4 is 0 Å². The summed E-state index contributed by atoms with van der Waals surface area (Å²) in [6.45, 7) is 7.34. The first-order valence-electron chi connectivity index (χ1n) is 8.36. The van der Waals surface area contributed by atoms with Crippen LogP contribution in [0.1, 0.15) is 41.5 Å². The highest BCUT2D eigenvalue weighted by Gasteiger charge is 2.98. The van der Waals surface area contributed by atoms with E-state index in [2.05, 4.69) is 0 Å². The molecule has 27 heavy (non-hydrogen) atoms. The average Bonchev–Trinajstić information content (AvgIpc) is 2.90. The minimum atomic E-state index is -1.91. The van der Waals surface area contributed by atoms with Gasteiger partial charge in [-0.15, -0.1) is 0 Å². The van der Waals surface area contributed by atoms with Crippen molar-refractivity contribution < 1.29 is 48.3 Å². The Kier molecular flexibility index (Phi) is 5.04. The van der Waals surface area contributed by atoms with Crippen molar-refractivity contribution in [1.29, 1.82) is 0 Å². The van der Waals surface area contributed by atoms with Crippen LogP contribution in [0.3, 0.4) is 0 Å². The molecule has 152 valence electrons. The number of carbonyl (C=O) groups excluding carboxylic acids is 4. The molecule has 6 atom stereocenters. The molecule has 0 aromatic heterocycles. The fourth-order valence-corrected chi connectivity index (χ4v) is 4.48. The van der Waals surface area contributed by atoms with E-state index in [0.717, 1.165) is 27.7 Å². The zero-order chi connectivity index (χ0) is 20.9. The topological polar surface area (TPSA) is 146 Å². The number of rotatable bonds is 4. The highest BCUT2D eigenvalue weighted by atomic mass is 16.7. The molecular weight excluding hydrogens is 364 g/mol. The minimum absolute atomic E-state index is 0.806. The number of esters is 4. The van der Waals surface area contributed by atoms with E-state index < -0.39 is 64.9 Å². The first-order valence-corrected chi connectivity index (χ1v) is 8.36. The highest BCUT2D eigenvalue weighted by Crippen LogP contribution is 2.75. The second-order valence-corrected chi connectivity index (χ2v) is 7.32. The van der Waals surface area contributed by atoms with E-state index in [1.54, 1.807) is 0 Å². The predicted molar refractivity (Wildman–Crippen MR) is 85.9 cm³/mol. The minimum Gasteiger partial charge on any atom is -0.456 e. The monoisotopic (exact) mass is 388 g/mol. The number of ether oxygens (including phenoxy) is 4. The summed E-state index contributed by atoms with van der Waals surface area (Å²) < 4.78 is 21.2. The maximum absolute atomic E-state index is 11.9. The molecule has 0 heterocycles. The number of carbonyl (C=O) groups is 4. The lowest BCUT2D eigenvalue weighted by Gasteiger charge is -2.44. The van der Waals surface area contributed by atoms with Gasteiger partial charge in [0.15, 0.2) is 17.8 Å². The molecule has 0 aromatic carbocycles. The number of fused-ring (bicyclic) bond motifs is 1. The van der Waals surface area contributed by atoms with E-state index in [1.165, 1.54) is 13.8 Å². The molecule has 0 spiro atoms. The lowest BCUT2D eigenvalue weighted by Crippen LogP contribution is -2.67. The molecular formula is C17H24O10. The molecule has 2 aliphatic rings. The Labute approximate surface area is 155 Å². The van der Waals surface area contributed by atoms with Crippen LogP contribution in [-0.4, -0.2) is 69.7 Å². The third-order valence-electron chi connectivity index (χ3n) is 5.33. The van der Waals surface area contributed by atoms with Gasteiger partial charge in [0.05, 0.1) is 5.41 Å².